The second-order valence-corrected chi connectivity index (χ2v) is 5.79. The van der Waals surface area contributed by atoms with Crippen molar-refractivity contribution in [2.24, 2.45) is 0 Å². The Kier molecular flexibility index (Phi) is 6.40. The average Bonchev–Trinajstić information content (AvgIpc) is 2.96. The summed E-state index contributed by atoms with van der Waals surface area (Å²) < 4.78 is 26.4. The molecule has 0 unspecified atom stereocenters. The number of carbonyl (C=O) groups is 2. The Hall–Kier alpha value is -2.10. The van der Waals surface area contributed by atoms with Crippen LogP contribution in [0.5, 0.6) is 0 Å². The van der Waals surface area contributed by atoms with Crippen molar-refractivity contribution >= 4 is 52.5 Å². The first-order chi connectivity index (χ1) is 11.8. The van der Waals surface area contributed by atoms with Crippen molar-refractivity contribution in [3.63, 3.8) is 0 Å². The molecule has 0 radical (unpaired) electrons. The van der Waals surface area contributed by atoms with Crippen LogP contribution >= 0.6 is 34.9 Å². The molecule has 7 nitrogen and oxygen atoms in total. The number of aryl methyl sites for hydroxylation is 1. The minimum absolute atomic E-state index is 0.0434. The van der Waals surface area contributed by atoms with Gasteiger partial charge in [-0.3, -0.25) is 4.79 Å². The van der Waals surface area contributed by atoms with E-state index in [1.165, 1.54) is 0 Å². The second kappa shape index (κ2) is 8.32. The number of nitrogens with zero attached hydrogens (tertiary/aromatic N) is 3. The predicted molar refractivity (Wildman–Crippen MR) is 91.5 cm³/mol. The highest BCUT2D eigenvalue weighted by molar-refractivity contribution is 6.99. The van der Waals surface area contributed by atoms with E-state index in [2.05, 4.69) is 19.0 Å². The van der Waals surface area contributed by atoms with Crippen molar-refractivity contribution in [2.75, 3.05) is 11.9 Å². The normalized spacial score (nSPS) is 11.3. The van der Waals surface area contributed by atoms with Gasteiger partial charge in [0, 0.05) is 6.20 Å². The molecule has 0 atom stereocenters. The number of pyridine rings is 1. The smallest absolute Gasteiger partial charge is 0.343 e. The van der Waals surface area contributed by atoms with Crippen LogP contribution in [0.3, 0.4) is 0 Å². The van der Waals surface area contributed by atoms with Gasteiger partial charge in [-0.2, -0.15) is 8.75 Å². The molecule has 0 aromatic carbocycles. The van der Waals surface area contributed by atoms with E-state index in [9.17, 15) is 14.0 Å². The van der Waals surface area contributed by atoms with Crippen LogP contribution in [0.2, 0.25) is 10.3 Å². The number of aromatic nitrogens is 3. The lowest BCUT2D eigenvalue weighted by atomic mass is 10.1. The SMILES string of the molecule is CCOC(=O)C(=CNc1nsnc1C)C(=O)c1cc(F)c(Cl)nc1Cl. The predicted octanol–water partition coefficient (Wildman–Crippen LogP) is 3.43. The van der Waals surface area contributed by atoms with Crippen LogP contribution < -0.4 is 5.32 Å². The maximum Gasteiger partial charge on any atom is 0.343 e. The van der Waals surface area contributed by atoms with E-state index >= 15 is 0 Å². The Labute approximate surface area is 156 Å². The summed E-state index contributed by atoms with van der Waals surface area (Å²) in [6, 6.07) is 0.808. The molecule has 132 valence electrons. The molecule has 2 heterocycles. The minimum Gasteiger partial charge on any atom is -0.462 e. The fourth-order valence-corrected chi connectivity index (χ4v) is 2.60. The average molecular weight is 405 g/mol. The van der Waals surface area contributed by atoms with E-state index in [4.69, 9.17) is 27.9 Å². The largest absolute Gasteiger partial charge is 0.462 e. The summed E-state index contributed by atoms with van der Waals surface area (Å²) in [5, 5.41) is 1.88. The van der Waals surface area contributed by atoms with Crippen LogP contribution in [-0.2, 0) is 9.53 Å². The standard InChI is InChI=1S/C14H11Cl2FN4O3S/c1-3-24-14(23)8(5-18-13-6(2)20-25-21-13)10(22)7-4-9(17)12(16)19-11(7)15/h4-5H,3H2,1-2H3,(H,18,21). The van der Waals surface area contributed by atoms with Gasteiger partial charge in [0.15, 0.2) is 16.8 Å². The molecule has 0 saturated heterocycles. The van der Waals surface area contributed by atoms with Crippen LogP contribution in [0.25, 0.3) is 0 Å². The zero-order valence-electron chi connectivity index (χ0n) is 13.0. The molecule has 0 fully saturated rings. The van der Waals surface area contributed by atoms with Gasteiger partial charge < -0.3 is 10.1 Å². The fraction of sp³-hybridized carbons (Fsp3) is 0.214. The summed E-state index contributed by atoms with van der Waals surface area (Å²) in [6.45, 7) is 3.32. The van der Waals surface area contributed by atoms with Gasteiger partial charge in [-0.05, 0) is 19.9 Å². The van der Waals surface area contributed by atoms with Gasteiger partial charge in [-0.25, -0.2) is 14.2 Å². The maximum atomic E-state index is 13.6. The molecular weight excluding hydrogens is 394 g/mol. The molecule has 11 heteroatoms. The van der Waals surface area contributed by atoms with Crippen molar-refractivity contribution < 1.29 is 18.7 Å². The third-order valence-corrected chi connectivity index (χ3v) is 4.05. The summed E-state index contributed by atoms with van der Waals surface area (Å²) in [5.74, 6) is -2.36. The van der Waals surface area contributed by atoms with E-state index in [0.717, 1.165) is 24.0 Å². The van der Waals surface area contributed by atoms with E-state index in [0.29, 0.717) is 11.5 Å². The number of esters is 1. The van der Waals surface area contributed by atoms with Crippen LogP contribution in [0.4, 0.5) is 10.2 Å². The second-order valence-electron chi connectivity index (χ2n) is 4.55. The van der Waals surface area contributed by atoms with Crippen molar-refractivity contribution in [1.29, 1.82) is 0 Å². The lowest BCUT2D eigenvalue weighted by molar-refractivity contribution is -0.138. The van der Waals surface area contributed by atoms with Crippen LogP contribution in [0.15, 0.2) is 17.8 Å². The van der Waals surface area contributed by atoms with Gasteiger partial charge in [-0.15, -0.1) is 0 Å². The summed E-state index contributed by atoms with van der Waals surface area (Å²) in [6.07, 6.45) is 1.10. The maximum absolute atomic E-state index is 13.6. The molecule has 0 aliphatic heterocycles. The zero-order chi connectivity index (χ0) is 18.6. The molecule has 0 spiro atoms. The van der Waals surface area contributed by atoms with E-state index in [1.54, 1.807) is 13.8 Å². The number of halogens is 3. The number of hydrogen-bond donors (Lipinski definition) is 1. The molecule has 2 rings (SSSR count). The Morgan fingerprint density at radius 3 is 2.68 bits per heavy atom. The molecule has 0 aliphatic carbocycles. The van der Waals surface area contributed by atoms with E-state index in [1.807, 2.05) is 0 Å². The summed E-state index contributed by atoms with van der Waals surface area (Å²) >= 11 is 12.3. The number of ketones is 1. The Balaban J connectivity index is 2.41. The third kappa shape index (κ3) is 4.50. The zero-order valence-corrected chi connectivity index (χ0v) is 15.3. The van der Waals surface area contributed by atoms with Gasteiger partial charge in [0.05, 0.1) is 29.6 Å². The Bertz CT molecular complexity index is 857. The molecule has 0 saturated carbocycles. The van der Waals surface area contributed by atoms with E-state index < -0.39 is 28.3 Å². The first-order valence-corrected chi connectivity index (χ1v) is 8.33. The number of carbonyl (C=O) groups excluding carboxylic acids is 2. The van der Waals surface area contributed by atoms with Gasteiger partial charge >= 0.3 is 5.97 Å². The van der Waals surface area contributed by atoms with E-state index in [-0.39, 0.29) is 17.3 Å². The number of Topliss-reactive ketones (excluding diaryl/α,β-unsaturated/α-hetero) is 1. The number of anilines is 1. The van der Waals surface area contributed by atoms with Crippen molar-refractivity contribution in [2.45, 2.75) is 13.8 Å². The Morgan fingerprint density at radius 1 is 1.36 bits per heavy atom. The molecule has 0 aliphatic rings. The number of ether oxygens (including phenoxy) is 1. The molecule has 0 amide bonds. The summed E-state index contributed by atoms with van der Waals surface area (Å²) in [7, 11) is 0. The Morgan fingerprint density at radius 2 is 2.08 bits per heavy atom. The summed E-state index contributed by atoms with van der Waals surface area (Å²) in [4.78, 5) is 28.2. The molecule has 0 bridgehead atoms. The quantitative estimate of drug-likeness (QED) is 0.197. The minimum atomic E-state index is -0.940. The monoisotopic (exact) mass is 404 g/mol. The number of nitrogens with one attached hydrogen (secondary N) is 1. The summed E-state index contributed by atoms with van der Waals surface area (Å²) in [5.41, 5.74) is -0.147. The topological polar surface area (TPSA) is 94.1 Å². The fourth-order valence-electron chi connectivity index (χ4n) is 1.68. The lowest BCUT2D eigenvalue weighted by Gasteiger charge is -2.08. The van der Waals surface area contributed by atoms with Crippen LogP contribution in [0.1, 0.15) is 23.0 Å². The van der Waals surface area contributed by atoms with Crippen molar-refractivity contribution in [3.8, 4) is 0 Å². The molecule has 25 heavy (non-hydrogen) atoms. The molecule has 2 aromatic rings. The van der Waals surface area contributed by atoms with Gasteiger partial charge in [0.1, 0.15) is 10.7 Å². The lowest BCUT2D eigenvalue weighted by Crippen LogP contribution is -2.18. The highest BCUT2D eigenvalue weighted by Crippen LogP contribution is 2.23. The number of hydrogen-bond acceptors (Lipinski definition) is 8. The van der Waals surface area contributed by atoms with Gasteiger partial charge in [-0.1, -0.05) is 23.2 Å². The first-order valence-electron chi connectivity index (χ1n) is 6.84. The van der Waals surface area contributed by atoms with Crippen molar-refractivity contribution in [1.82, 2.24) is 13.7 Å². The van der Waals surface area contributed by atoms with Crippen LogP contribution in [-0.4, -0.2) is 32.1 Å². The third-order valence-electron chi connectivity index (χ3n) is 2.88. The molecular formula is C14H11Cl2FN4O3S. The highest BCUT2D eigenvalue weighted by atomic mass is 35.5. The van der Waals surface area contributed by atoms with Gasteiger partial charge in [0.2, 0.25) is 5.78 Å². The molecule has 1 N–H and O–H groups in total. The first kappa shape index (κ1) is 19.2. The number of rotatable bonds is 6. The molecule has 2 aromatic heterocycles. The van der Waals surface area contributed by atoms with Crippen molar-refractivity contribution in [3.05, 3.63) is 45.2 Å². The highest BCUT2D eigenvalue weighted by Gasteiger charge is 2.25. The van der Waals surface area contributed by atoms with Crippen LogP contribution in [0, 0.1) is 12.7 Å². The van der Waals surface area contributed by atoms with Gasteiger partial charge in [0.25, 0.3) is 0 Å².